The third-order valence-electron chi connectivity index (χ3n) is 0.573. The predicted molar refractivity (Wildman–Crippen MR) is 28.4 cm³/mol. The first-order chi connectivity index (χ1) is 3.80. The van der Waals surface area contributed by atoms with Gasteiger partial charge in [-0.05, 0) is 5.22 Å². The minimum absolute atomic E-state index is 0. The van der Waals surface area contributed by atoms with Gasteiger partial charge in [-0.25, -0.2) is 0 Å². The van der Waals surface area contributed by atoms with E-state index in [4.69, 9.17) is 0 Å². The van der Waals surface area contributed by atoms with Crippen LogP contribution in [0.5, 0.6) is 0 Å². The molecule has 1 rings (SSSR count). The summed E-state index contributed by atoms with van der Waals surface area (Å²) in [6.45, 7) is 0. The Bertz CT molecular complexity index is 172. The Morgan fingerprint density at radius 3 is 2.33 bits per heavy atom. The minimum atomic E-state index is -0.861. The molecule has 0 aromatic carbocycles. The molecule has 0 saturated carbocycles. The van der Waals surface area contributed by atoms with Crippen LogP contribution in [0.15, 0.2) is 15.4 Å². The highest BCUT2D eigenvalue weighted by Gasteiger charge is 2.11. The predicted octanol–water partition coefficient (Wildman–Crippen LogP) is -0.304. The topological polar surface area (TPSA) is 106 Å². The van der Waals surface area contributed by atoms with E-state index in [0.717, 1.165) is 6.21 Å². The Kier molecular flexibility index (Phi) is 2.33. The van der Waals surface area contributed by atoms with Crippen LogP contribution in [0.2, 0.25) is 0 Å². The van der Waals surface area contributed by atoms with E-state index in [9.17, 15) is 9.59 Å². The van der Waals surface area contributed by atoms with Crippen LogP contribution in [0.3, 0.4) is 0 Å². The van der Waals surface area contributed by atoms with Gasteiger partial charge in [0.05, 0.1) is 0 Å². The third kappa shape index (κ3) is 1.50. The van der Waals surface area contributed by atoms with Crippen molar-refractivity contribution in [2.24, 2.45) is 15.4 Å². The standard InChI is InChI=1S/C3HN3O2.H3N/c7-2-1-4-6-5-3(2)8;/h1H;1H3. The number of carbonyl (C=O) groups is 2. The molecule has 0 aliphatic carbocycles. The lowest BCUT2D eigenvalue weighted by Gasteiger charge is -1.85. The molecular formula is C3H4N4O2. The molecule has 6 heteroatoms. The summed E-state index contributed by atoms with van der Waals surface area (Å²) in [5.41, 5.74) is 0. The zero-order valence-corrected chi connectivity index (χ0v) is 4.44. The van der Waals surface area contributed by atoms with Gasteiger partial charge in [0.15, 0.2) is 0 Å². The molecule has 48 valence electrons. The highest BCUT2D eigenvalue weighted by atomic mass is 16.2. The van der Waals surface area contributed by atoms with E-state index in [0.29, 0.717) is 0 Å². The highest BCUT2D eigenvalue weighted by molar-refractivity contribution is 6.58. The molecule has 0 aromatic rings. The SMILES string of the molecule is N.O=C1C=NN=NC1=O. The lowest BCUT2D eigenvalue weighted by molar-refractivity contribution is -0.132. The van der Waals surface area contributed by atoms with Crippen molar-refractivity contribution in [2.45, 2.75) is 0 Å². The van der Waals surface area contributed by atoms with E-state index in [2.05, 4.69) is 15.4 Å². The molecule has 0 aromatic heterocycles. The maximum absolute atomic E-state index is 10.1. The summed E-state index contributed by atoms with van der Waals surface area (Å²) in [5, 5.41) is 8.85. The molecule has 0 unspecified atom stereocenters. The molecule has 1 aliphatic rings. The fraction of sp³-hybridized carbons (Fsp3) is 0. The average molecular weight is 128 g/mol. The van der Waals surface area contributed by atoms with Crippen molar-refractivity contribution in [3.8, 4) is 0 Å². The quantitative estimate of drug-likeness (QED) is 0.452. The summed E-state index contributed by atoms with van der Waals surface area (Å²) in [6.07, 6.45) is 0.829. The smallest absolute Gasteiger partial charge is 0.338 e. The third-order valence-corrected chi connectivity index (χ3v) is 0.573. The highest BCUT2D eigenvalue weighted by Crippen LogP contribution is 1.86. The molecule has 6 nitrogen and oxygen atoms in total. The van der Waals surface area contributed by atoms with Crippen LogP contribution in [0, 0.1) is 0 Å². The van der Waals surface area contributed by atoms with Crippen LogP contribution in [0.1, 0.15) is 0 Å². The molecule has 0 spiro atoms. The number of hydrogen-bond acceptors (Lipinski definition) is 5. The fourth-order valence-corrected chi connectivity index (χ4v) is 0.249. The van der Waals surface area contributed by atoms with Crippen molar-refractivity contribution in [2.75, 3.05) is 0 Å². The summed E-state index contributed by atoms with van der Waals surface area (Å²) in [4.78, 5) is 20.2. The van der Waals surface area contributed by atoms with Crippen molar-refractivity contribution in [1.82, 2.24) is 6.15 Å². The Labute approximate surface area is 50.2 Å². The van der Waals surface area contributed by atoms with E-state index in [1.54, 1.807) is 0 Å². The number of nitrogens with zero attached hydrogens (tertiary/aromatic N) is 3. The van der Waals surface area contributed by atoms with E-state index >= 15 is 0 Å². The second kappa shape index (κ2) is 2.78. The monoisotopic (exact) mass is 128 g/mol. The maximum atomic E-state index is 10.1. The summed E-state index contributed by atoms with van der Waals surface area (Å²) in [5.74, 6) is -1.58. The Hall–Kier alpha value is -1.43. The summed E-state index contributed by atoms with van der Waals surface area (Å²) < 4.78 is 0. The van der Waals surface area contributed by atoms with Gasteiger partial charge >= 0.3 is 5.91 Å². The minimum Gasteiger partial charge on any atom is -0.344 e. The molecule has 0 bridgehead atoms. The Morgan fingerprint density at radius 1 is 1.33 bits per heavy atom. The number of carbonyl (C=O) groups excluding carboxylic acids is 2. The maximum Gasteiger partial charge on any atom is 0.338 e. The van der Waals surface area contributed by atoms with Crippen LogP contribution < -0.4 is 6.15 Å². The van der Waals surface area contributed by atoms with E-state index < -0.39 is 11.7 Å². The van der Waals surface area contributed by atoms with Gasteiger partial charge in [-0.3, -0.25) is 9.59 Å². The average Bonchev–Trinajstić information content (AvgIpc) is 1.77. The number of amides is 1. The van der Waals surface area contributed by atoms with Crippen molar-refractivity contribution in [3.63, 3.8) is 0 Å². The Morgan fingerprint density at radius 2 is 2.00 bits per heavy atom. The van der Waals surface area contributed by atoms with Crippen LogP contribution in [-0.4, -0.2) is 17.9 Å². The summed E-state index contributed by atoms with van der Waals surface area (Å²) in [6, 6.07) is 0. The molecule has 1 aliphatic heterocycles. The van der Waals surface area contributed by atoms with Crippen molar-refractivity contribution < 1.29 is 9.59 Å². The van der Waals surface area contributed by atoms with E-state index in [1.807, 2.05) is 0 Å². The van der Waals surface area contributed by atoms with E-state index in [-0.39, 0.29) is 6.15 Å². The van der Waals surface area contributed by atoms with Gasteiger partial charge < -0.3 is 6.15 Å². The van der Waals surface area contributed by atoms with Crippen LogP contribution in [0.25, 0.3) is 0 Å². The molecule has 1 heterocycles. The number of ketones is 1. The number of hydrogen-bond donors (Lipinski definition) is 1. The van der Waals surface area contributed by atoms with Gasteiger partial charge in [0.1, 0.15) is 6.21 Å². The molecule has 1 amide bonds. The largest absolute Gasteiger partial charge is 0.344 e. The first kappa shape index (κ1) is 7.57. The molecular weight excluding hydrogens is 124 g/mol. The zero-order chi connectivity index (χ0) is 5.98. The molecule has 0 atom stereocenters. The number of Topliss-reactive ketones (excluding diaryl/α,β-unsaturated/α-hetero) is 1. The van der Waals surface area contributed by atoms with Gasteiger partial charge in [0.2, 0.25) is 0 Å². The lowest BCUT2D eigenvalue weighted by atomic mass is 10.4. The molecule has 0 fully saturated rings. The van der Waals surface area contributed by atoms with Gasteiger partial charge in [-0.15, -0.1) is 5.10 Å². The fourth-order valence-electron chi connectivity index (χ4n) is 0.249. The Balaban J connectivity index is 0.000000640. The van der Waals surface area contributed by atoms with E-state index in [1.165, 1.54) is 0 Å². The van der Waals surface area contributed by atoms with Gasteiger partial charge in [0.25, 0.3) is 5.78 Å². The van der Waals surface area contributed by atoms with Crippen molar-refractivity contribution in [1.29, 1.82) is 0 Å². The van der Waals surface area contributed by atoms with Crippen LogP contribution >= 0.6 is 0 Å². The van der Waals surface area contributed by atoms with Gasteiger partial charge in [-0.1, -0.05) is 5.11 Å². The van der Waals surface area contributed by atoms with Crippen LogP contribution in [-0.2, 0) is 9.59 Å². The second-order valence-corrected chi connectivity index (χ2v) is 1.10. The van der Waals surface area contributed by atoms with Gasteiger partial charge in [-0.2, -0.15) is 0 Å². The van der Waals surface area contributed by atoms with Crippen molar-refractivity contribution >= 4 is 17.9 Å². The first-order valence-corrected chi connectivity index (χ1v) is 1.83. The first-order valence-electron chi connectivity index (χ1n) is 1.83. The second-order valence-electron chi connectivity index (χ2n) is 1.10. The summed E-state index contributed by atoms with van der Waals surface area (Å²) in [7, 11) is 0. The molecule has 0 radical (unpaired) electrons. The molecule has 3 N–H and O–H groups in total. The normalized spacial score (nSPS) is 15.6. The zero-order valence-electron chi connectivity index (χ0n) is 4.44. The van der Waals surface area contributed by atoms with Gasteiger partial charge in [0, 0.05) is 0 Å². The molecule has 9 heavy (non-hydrogen) atoms. The van der Waals surface area contributed by atoms with Crippen LogP contribution in [0.4, 0.5) is 0 Å². The lowest BCUT2D eigenvalue weighted by Crippen LogP contribution is -2.13. The van der Waals surface area contributed by atoms with Crippen molar-refractivity contribution in [3.05, 3.63) is 0 Å². The number of rotatable bonds is 0. The summed E-state index contributed by atoms with van der Waals surface area (Å²) >= 11 is 0. The molecule has 0 saturated heterocycles.